The van der Waals surface area contributed by atoms with Crippen molar-refractivity contribution in [2.45, 2.75) is 18.7 Å². The van der Waals surface area contributed by atoms with Gasteiger partial charge in [0.25, 0.3) is 0 Å². The molecular formula is C13H13ClS. The molecule has 0 aliphatic heterocycles. The van der Waals surface area contributed by atoms with E-state index in [0.717, 1.165) is 6.42 Å². The van der Waals surface area contributed by atoms with Crippen LogP contribution in [0, 0.1) is 6.92 Å². The number of benzene rings is 1. The Balaban J connectivity index is 2.07. The Morgan fingerprint density at radius 2 is 2.00 bits per heavy atom. The Labute approximate surface area is 99.5 Å². The lowest BCUT2D eigenvalue weighted by atomic mass is 10.1. The second-order valence-electron chi connectivity index (χ2n) is 3.65. The van der Waals surface area contributed by atoms with Gasteiger partial charge in [-0.1, -0.05) is 30.3 Å². The molecule has 0 radical (unpaired) electrons. The molecule has 2 aromatic rings. The molecule has 0 spiro atoms. The van der Waals surface area contributed by atoms with Crippen molar-refractivity contribution >= 4 is 22.9 Å². The lowest BCUT2D eigenvalue weighted by Gasteiger charge is -2.07. The Morgan fingerprint density at radius 3 is 2.60 bits per heavy atom. The summed E-state index contributed by atoms with van der Waals surface area (Å²) >= 11 is 8.12. The van der Waals surface area contributed by atoms with Crippen molar-refractivity contribution in [1.29, 1.82) is 0 Å². The van der Waals surface area contributed by atoms with E-state index >= 15 is 0 Å². The monoisotopic (exact) mass is 236 g/mol. The van der Waals surface area contributed by atoms with Gasteiger partial charge in [-0.3, -0.25) is 0 Å². The third kappa shape index (κ3) is 2.83. The van der Waals surface area contributed by atoms with Crippen LogP contribution in [0.25, 0.3) is 0 Å². The molecule has 1 aromatic carbocycles. The molecule has 0 N–H and O–H groups in total. The Morgan fingerprint density at radius 1 is 1.27 bits per heavy atom. The molecule has 0 fully saturated rings. The lowest BCUT2D eigenvalue weighted by Crippen LogP contribution is -1.93. The molecular weight excluding hydrogens is 224 g/mol. The van der Waals surface area contributed by atoms with E-state index in [1.165, 1.54) is 16.0 Å². The van der Waals surface area contributed by atoms with Gasteiger partial charge in [0, 0.05) is 4.88 Å². The van der Waals surface area contributed by atoms with Crippen LogP contribution in [0.15, 0.2) is 41.8 Å². The van der Waals surface area contributed by atoms with E-state index in [-0.39, 0.29) is 5.38 Å². The van der Waals surface area contributed by atoms with Gasteiger partial charge in [-0.05, 0) is 35.9 Å². The minimum absolute atomic E-state index is 0.0948. The summed E-state index contributed by atoms with van der Waals surface area (Å²) in [5.74, 6) is 0. The van der Waals surface area contributed by atoms with Crippen LogP contribution in [0.5, 0.6) is 0 Å². The van der Waals surface area contributed by atoms with Gasteiger partial charge in [-0.2, -0.15) is 0 Å². The zero-order valence-corrected chi connectivity index (χ0v) is 10.2. The van der Waals surface area contributed by atoms with Crippen molar-refractivity contribution in [3.63, 3.8) is 0 Å². The molecule has 1 unspecified atom stereocenters. The topological polar surface area (TPSA) is 0 Å². The van der Waals surface area contributed by atoms with Crippen LogP contribution in [0.4, 0.5) is 0 Å². The first-order valence-electron chi connectivity index (χ1n) is 4.99. The quantitative estimate of drug-likeness (QED) is 0.685. The first-order chi connectivity index (χ1) is 7.25. The minimum atomic E-state index is 0.0948. The smallest absolute Gasteiger partial charge is 0.0633 e. The largest absolute Gasteiger partial charge is 0.149 e. The predicted octanol–water partition coefficient (Wildman–Crippen LogP) is 4.58. The number of aryl methyl sites for hydroxylation is 1. The van der Waals surface area contributed by atoms with Gasteiger partial charge in [0.2, 0.25) is 0 Å². The van der Waals surface area contributed by atoms with Gasteiger partial charge in [0.05, 0.1) is 5.38 Å². The van der Waals surface area contributed by atoms with Gasteiger partial charge in [0.1, 0.15) is 0 Å². The summed E-state index contributed by atoms with van der Waals surface area (Å²) < 4.78 is 0. The van der Waals surface area contributed by atoms with Crippen LogP contribution < -0.4 is 0 Å². The van der Waals surface area contributed by atoms with Crippen LogP contribution >= 0.6 is 22.9 Å². The number of alkyl halides is 1. The Kier molecular flexibility index (Phi) is 3.45. The molecule has 0 nitrogen and oxygen atoms in total. The van der Waals surface area contributed by atoms with E-state index in [0.29, 0.717) is 0 Å². The normalized spacial score (nSPS) is 12.7. The van der Waals surface area contributed by atoms with E-state index < -0.39 is 0 Å². The summed E-state index contributed by atoms with van der Waals surface area (Å²) in [6.45, 7) is 2.11. The molecule has 0 aliphatic rings. The Hall–Kier alpha value is -0.790. The van der Waals surface area contributed by atoms with Crippen LogP contribution in [0.2, 0.25) is 0 Å². The van der Waals surface area contributed by atoms with Crippen LogP contribution in [-0.4, -0.2) is 0 Å². The highest BCUT2D eigenvalue weighted by atomic mass is 35.5. The van der Waals surface area contributed by atoms with Gasteiger partial charge >= 0.3 is 0 Å². The zero-order chi connectivity index (χ0) is 10.7. The lowest BCUT2D eigenvalue weighted by molar-refractivity contribution is 0.924. The van der Waals surface area contributed by atoms with Crippen molar-refractivity contribution in [3.05, 3.63) is 57.8 Å². The zero-order valence-electron chi connectivity index (χ0n) is 8.61. The molecule has 0 amide bonds. The number of thiophene rings is 1. The highest BCUT2D eigenvalue weighted by Crippen LogP contribution is 2.28. The predicted molar refractivity (Wildman–Crippen MR) is 67.8 cm³/mol. The molecule has 0 saturated carbocycles. The minimum Gasteiger partial charge on any atom is -0.149 e. The fourth-order valence-electron chi connectivity index (χ4n) is 1.57. The first-order valence-corrected chi connectivity index (χ1v) is 6.30. The maximum absolute atomic E-state index is 6.36. The fourth-order valence-corrected chi connectivity index (χ4v) is 2.70. The molecule has 0 aliphatic carbocycles. The highest BCUT2D eigenvalue weighted by Gasteiger charge is 2.09. The van der Waals surface area contributed by atoms with Gasteiger partial charge < -0.3 is 0 Å². The number of rotatable bonds is 3. The molecule has 0 bridgehead atoms. The van der Waals surface area contributed by atoms with Crippen molar-refractivity contribution in [2.75, 3.05) is 0 Å². The van der Waals surface area contributed by atoms with Crippen molar-refractivity contribution < 1.29 is 0 Å². The summed E-state index contributed by atoms with van der Waals surface area (Å²) in [5.41, 5.74) is 2.53. The van der Waals surface area contributed by atoms with Crippen LogP contribution in [0.3, 0.4) is 0 Å². The summed E-state index contributed by atoms with van der Waals surface area (Å²) in [4.78, 5) is 1.32. The fraction of sp³-hybridized carbons (Fsp3) is 0.231. The molecule has 0 saturated heterocycles. The van der Waals surface area contributed by atoms with Crippen molar-refractivity contribution in [2.24, 2.45) is 0 Å². The number of hydrogen-bond donors (Lipinski definition) is 0. The van der Waals surface area contributed by atoms with Crippen molar-refractivity contribution in [3.8, 4) is 0 Å². The second-order valence-corrected chi connectivity index (χ2v) is 5.29. The molecule has 1 aromatic heterocycles. The highest BCUT2D eigenvalue weighted by molar-refractivity contribution is 7.10. The summed E-state index contributed by atoms with van der Waals surface area (Å²) in [6, 6.07) is 12.5. The van der Waals surface area contributed by atoms with E-state index in [1.54, 1.807) is 11.3 Å². The molecule has 1 heterocycles. The van der Waals surface area contributed by atoms with Gasteiger partial charge in [0.15, 0.2) is 0 Å². The molecule has 1 atom stereocenters. The van der Waals surface area contributed by atoms with Crippen molar-refractivity contribution in [1.82, 2.24) is 0 Å². The van der Waals surface area contributed by atoms with Crippen LogP contribution in [-0.2, 0) is 6.42 Å². The summed E-state index contributed by atoms with van der Waals surface area (Å²) in [7, 11) is 0. The molecule has 2 heteroatoms. The summed E-state index contributed by atoms with van der Waals surface area (Å²) in [6.07, 6.45) is 0.901. The Bertz CT molecular complexity index is 419. The average Bonchev–Trinajstić information content (AvgIpc) is 2.66. The molecule has 78 valence electrons. The number of hydrogen-bond acceptors (Lipinski definition) is 1. The van der Waals surface area contributed by atoms with Crippen LogP contribution in [0.1, 0.15) is 21.4 Å². The second kappa shape index (κ2) is 4.82. The first kappa shape index (κ1) is 10.7. The SMILES string of the molecule is Cc1cc(C(Cl)Cc2ccccc2)cs1. The molecule has 15 heavy (non-hydrogen) atoms. The average molecular weight is 237 g/mol. The number of halogens is 1. The van der Waals surface area contributed by atoms with E-state index in [1.807, 2.05) is 6.07 Å². The maximum atomic E-state index is 6.36. The van der Waals surface area contributed by atoms with E-state index in [9.17, 15) is 0 Å². The third-order valence-electron chi connectivity index (χ3n) is 2.37. The third-order valence-corrected chi connectivity index (χ3v) is 3.66. The maximum Gasteiger partial charge on any atom is 0.0633 e. The summed E-state index contributed by atoms with van der Waals surface area (Å²) in [5, 5.41) is 2.24. The van der Waals surface area contributed by atoms with E-state index in [2.05, 4.69) is 42.6 Å². The molecule has 2 rings (SSSR count). The van der Waals surface area contributed by atoms with Gasteiger partial charge in [-0.15, -0.1) is 22.9 Å². The van der Waals surface area contributed by atoms with Gasteiger partial charge in [-0.25, -0.2) is 0 Å². The standard InChI is InChI=1S/C13H13ClS/c1-10-7-12(9-15-10)13(14)8-11-5-3-2-4-6-11/h2-7,9,13H,8H2,1H3. The van der Waals surface area contributed by atoms with E-state index in [4.69, 9.17) is 11.6 Å².